The lowest BCUT2D eigenvalue weighted by Gasteiger charge is -2.54. The molecule has 0 spiro atoms. The molecule has 3 heteroatoms. The molecular formula is C15H29Si3. The zero-order valence-corrected chi connectivity index (χ0v) is 16.4. The van der Waals surface area contributed by atoms with Crippen LogP contribution in [0, 0.1) is 0 Å². The number of hydrogen-bond acceptors (Lipinski definition) is 0. The Morgan fingerprint density at radius 1 is 0.889 bits per heavy atom. The van der Waals surface area contributed by atoms with Gasteiger partial charge in [-0.15, -0.1) is 0 Å². The van der Waals surface area contributed by atoms with Gasteiger partial charge in [-0.1, -0.05) is 89.0 Å². The summed E-state index contributed by atoms with van der Waals surface area (Å²) < 4.78 is 0. The number of benzene rings is 1. The minimum atomic E-state index is -1.41. The molecule has 0 amide bonds. The van der Waals surface area contributed by atoms with E-state index in [0.29, 0.717) is 5.04 Å². The summed E-state index contributed by atoms with van der Waals surface area (Å²) >= 11 is 0. The SMILES string of the molecule is C[Si](C)[Si](c1ccccc1)(C(C)(C)C)[Si](C)(C)C. The molecule has 1 aromatic carbocycles. The van der Waals surface area contributed by atoms with Crippen molar-refractivity contribution < 1.29 is 0 Å². The van der Waals surface area contributed by atoms with Gasteiger partial charge in [-0.25, -0.2) is 0 Å². The zero-order chi connectivity index (χ0) is 14.2. The predicted molar refractivity (Wildman–Crippen MR) is 92.4 cm³/mol. The van der Waals surface area contributed by atoms with Crippen molar-refractivity contribution in [3.8, 4) is 0 Å². The Bertz CT molecular complexity index is 368. The average Bonchev–Trinajstić information content (AvgIpc) is 2.14. The molecule has 1 aromatic rings. The summed E-state index contributed by atoms with van der Waals surface area (Å²) in [5.74, 6) is 0. The highest BCUT2D eigenvalue weighted by molar-refractivity contribution is 7.69. The zero-order valence-electron chi connectivity index (χ0n) is 13.4. The van der Waals surface area contributed by atoms with E-state index in [1.807, 2.05) is 0 Å². The molecule has 0 N–H and O–H groups in total. The van der Waals surface area contributed by atoms with Gasteiger partial charge in [0.25, 0.3) is 0 Å². The molecular weight excluding hydrogens is 264 g/mol. The minimum absolute atomic E-state index is 0.299. The van der Waals surface area contributed by atoms with E-state index in [-0.39, 0.29) is 8.31 Å². The van der Waals surface area contributed by atoms with Gasteiger partial charge in [0.2, 0.25) is 0 Å². The minimum Gasteiger partial charge on any atom is -0.0732 e. The summed E-state index contributed by atoms with van der Waals surface area (Å²) in [6.45, 7) is 20.5. The maximum atomic E-state index is 2.61. The number of hydrogen-bond donors (Lipinski definition) is 0. The Morgan fingerprint density at radius 3 is 1.61 bits per heavy atom. The van der Waals surface area contributed by atoms with Crippen LogP contribution >= 0.6 is 0 Å². The molecule has 1 rings (SSSR count). The summed E-state index contributed by atoms with van der Waals surface area (Å²) in [5.41, 5.74) is 0. The molecule has 101 valence electrons. The quantitative estimate of drug-likeness (QED) is 0.725. The fourth-order valence-electron chi connectivity index (χ4n) is 4.47. The molecule has 0 fully saturated rings. The molecule has 1 radical (unpaired) electrons. The van der Waals surface area contributed by atoms with Gasteiger partial charge in [0.1, 0.15) is 0 Å². The third kappa shape index (κ3) is 2.45. The summed E-state index contributed by atoms with van der Waals surface area (Å²) in [6, 6.07) is 11.5. The van der Waals surface area contributed by atoms with Crippen molar-refractivity contribution >= 4 is 28.2 Å². The smallest absolute Gasteiger partial charge is 0.0732 e. The van der Waals surface area contributed by atoms with Crippen LogP contribution in [0.2, 0.25) is 37.8 Å². The highest BCUT2D eigenvalue weighted by Gasteiger charge is 2.56. The summed E-state index contributed by atoms with van der Waals surface area (Å²) in [6.07, 6.45) is 0. The molecule has 0 aliphatic heterocycles. The second-order valence-corrected chi connectivity index (χ2v) is 31.2. The van der Waals surface area contributed by atoms with Gasteiger partial charge in [-0.3, -0.25) is 0 Å². The normalized spacial score (nSPS) is 16.7. The second-order valence-electron chi connectivity index (χ2n) is 7.62. The van der Waals surface area contributed by atoms with Gasteiger partial charge >= 0.3 is 0 Å². The lowest BCUT2D eigenvalue weighted by atomic mass is 10.2. The lowest BCUT2D eigenvalue weighted by Crippen LogP contribution is -2.77. The largest absolute Gasteiger partial charge is 0.0761 e. The fourth-order valence-corrected chi connectivity index (χ4v) is 47.3. The van der Waals surface area contributed by atoms with E-state index < -0.39 is 14.7 Å². The monoisotopic (exact) mass is 293 g/mol. The van der Waals surface area contributed by atoms with Gasteiger partial charge in [0, 0.05) is 15.9 Å². The molecule has 0 saturated heterocycles. The van der Waals surface area contributed by atoms with Crippen molar-refractivity contribution in [1.82, 2.24) is 0 Å². The van der Waals surface area contributed by atoms with Crippen LogP contribution in [0.25, 0.3) is 0 Å². The highest BCUT2D eigenvalue weighted by atomic mass is 29.6. The van der Waals surface area contributed by atoms with Gasteiger partial charge < -0.3 is 0 Å². The first-order chi connectivity index (χ1) is 8.05. The summed E-state index contributed by atoms with van der Waals surface area (Å²) in [7, 11) is -2.90. The van der Waals surface area contributed by atoms with Gasteiger partial charge in [-0.05, 0) is 5.04 Å². The molecule has 0 nitrogen and oxygen atoms in total. The topological polar surface area (TPSA) is 0 Å². The van der Waals surface area contributed by atoms with Crippen LogP contribution in [0.15, 0.2) is 30.3 Å². The molecule has 1 atom stereocenters. The van der Waals surface area contributed by atoms with Crippen LogP contribution in [0.1, 0.15) is 20.8 Å². The third-order valence-corrected chi connectivity index (χ3v) is 40.1. The van der Waals surface area contributed by atoms with Crippen molar-refractivity contribution in [2.24, 2.45) is 0 Å². The third-order valence-electron chi connectivity index (χ3n) is 4.21. The Labute approximate surface area is 117 Å². The molecule has 1 unspecified atom stereocenters. The van der Waals surface area contributed by atoms with Crippen LogP contribution in [-0.2, 0) is 0 Å². The maximum absolute atomic E-state index is 2.61. The van der Waals surface area contributed by atoms with Crippen molar-refractivity contribution in [1.29, 1.82) is 0 Å². The molecule has 0 aliphatic rings. The van der Waals surface area contributed by atoms with E-state index in [1.54, 1.807) is 5.19 Å². The summed E-state index contributed by atoms with van der Waals surface area (Å²) in [4.78, 5) is 0. The van der Waals surface area contributed by atoms with Gasteiger partial charge in [0.05, 0.1) is 7.11 Å². The maximum Gasteiger partial charge on any atom is 0.0761 e. The Kier molecular flexibility index (Phi) is 4.51. The van der Waals surface area contributed by atoms with Crippen molar-refractivity contribution in [2.45, 2.75) is 58.5 Å². The molecule has 0 bridgehead atoms. The van der Waals surface area contributed by atoms with Crippen LogP contribution in [0.4, 0.5) is 0 Å². The molecule has 0 heterocycles. The van der Waals surface area contributed by atoms with Crippen LogP contribution in [-0.4, -0.2) is 23.0 Å². The van der Waals surface area contributed by atoms with Crippen LogP contribution in [0.5, 0.6) is 0 Å². The molecule has 18 heavy (non-hydrogen) atoms. The average molecular weight is 294 g/mol. The van der Waals surface area contributed by atoms with Gasteiger partial charge in [0.15, 0.2) is 0 Å². The van der Waals surface area contributed by atoms with Crippen LogP contribution in [0.3, 0.4) is 0 Å². The van der Waals surface area contributed by atoms with E-state index >= 15 is 0 Å². The van der Waals surface area contributed by atoms with E-state index in [0.717, 1.165) is 0 Å². The van der Waals surface area contributed by atoms with E-state index in [1.165, 1.54) is 0 Å². The van der Waals surface area contributed by atoms with Crippen molar-refractivity contribution in [3.63, 3.8) is 0 Å². The van der Waals surface area contributed by atoms with E-state index in [2.05, 4.69) is 83.8 Å². The molecule has 0 aliphatic carbocycles. The highest BCUT2D eigenvalue weighted by Crippen LogP contribution is 2.43. The first-order valence-electron chi connectivity index (χ1n) is 6.91. The van der Waals surface area contributed by atoms with Crippen LogP contribution < -0.4 is 5.19 Å². The molecule has 0 saturated carbocycles. The Morgan fingerprint density at radius 2 is 1.33 bits per heavy atom. The lowest BCUT2D eigenvalue weighted by molar-refractivity contribution is 0.745. The fraction of sp³-hybridized carbons (Fsp3) is 0.600. The van der Waals surface area contributed by atoms with E-state index in [4.69, 9.17) is 0 Å². The number of rotatable bonds is 3. The first-order valence-corrected chi connectivity index (χ1v) is 16.9. The summed E-state index contributed by atoms with van der Waals surface area (Å²) in [5, 5.41) is 2.19. The predicted octanol–water partition coefficient (Wildman–Crippen LogP) is 4.39. The van der Waals surface area contributed by atoms with Crippen molar-refractivity contribution in [2.75, 3.05) is 0 Å². The Balaban J connectivity index is 3.62. The Hall–Kier alpha value is -0.129. The van der Waals surface area contributed by atoms with Crippen molar-refractivity contribution in [3.05, 3.63) is 30.3 Å². The second kappa shape index (κ2) is 5.10. The molecule has 0 aromatic heterocycles. The first kappa shape index (κ1) is 15.9. The van der Waals surface area contributed by atoms with Gasteiger partial charge in [-0.2, -0.15) is 0 Å². The van der Waals surface area contributed by atoms with E-state index in [9.17, 15) is 0 Å². The standard InChI is InChI=1S/C15H29Si3/c1-15(2,3)18(16(4)5,17(6,7)8)14-12-10-9-11-13-14/h9-13H,1-8H3.